The summed E-state index contributed by atoms with van der Waals surface area (Å²) in [5, 5.41) is 5.41. The lowest BCUT2D eigenvalue weighted by molar-refractivity contribution is -0.147. The number of hydrogen-bond donors (Lipinski definition) is 2. The van der Waals surface area contributed by atoms with E-state index < -0.39 is 18.1 Å². The zero-order valence-electron chi connectivity index (χ0n) is 23.1. The van der Waals surface area contributed by atoms with Crippen molar-refractivity contribution in [2.24, 2.45) is 0 Å². The third-order valence-electron chi connectivity index (χ3n) is 7.18. The first-order chi connectivity index (χ1) is 18.1. The number of benzene rings is 1. The molecule has 0 aliphatic carbocycles. The van der Waals surface area contributed by atoms with Gasteiger partial charge >= 0.3 is 5.97 Å². The molecule has 2 rings (SSSR count). The van der Waals surface area contributed by atoms with Gasteiger partial charge in [0.15, 0.2) is 0 Å². The van der Waals surface area contributed by atoms with Crippen molar-refractivity contribution >= 4 is 17.8 Å². The van der Waals surface area contributed by atoms with Crippen LogP contribution in [0.1, 0.15) is 122 Å². The standard InChI is InChI=1S/C31H50N2O4/c1-2-3-4-5-6-7-8-9-10-11-12-13-14-15-16-20-23-37-29(34)25-28-31(36)32-27(30(35)33-28)24-26-21-18-17-19-22-26/h17-19,21-22,27-28H,2-16,20,23-25H2,1H3,(H,32,36)(H,33,35). The van der Waals surface area contributed by atoms with Crippen molar-refractivity contribution in [2.75, 3.05) is 6.61 Å². The fraction of sp³-hybridized carbons (Fsp3) is 0.710. The summed E-state index contributed by atoms with van der Waals surface area (Å²) in [7, 11) is 0. The number of rotatable bonds is 21. The molecule has 2 atom stereocenters. The molecule has 208 valence electrons. The van der Waals surface area contributed by atoms with Crippen LogP contribution in [0.2, 0.25) is 0 Å². The Morgan fingerprint density at radius 3 is 1.68 bits per heavy atom. The Kier molecular flexibility index (Phi) is 16.4. The van der Waals surface area contributed by atoms with Gasteiger partial charge in [0.2, 0.25) is 11.8 Å². The van der Waals surface area contributed by atoms with E-state index in [0.29, 0.717) is 13.0 Å². The van der Waals surface area contributed by atoms with Gasteiger partial charge in [-0.1, -0.05) is 134 Å². The highest BCUT2D eigenvalue weighted by Gasteiger charge is 2.35. The smallest absolute Gasteiger partial charge is 0.308 e. The minimum Gasteiger partial charge on any atom is -0.466 e. The predicted molar refractivity (Wildman–Crippen MR) is 149 cm³/mol. The molecule has 0 saturated carbocycles. The average molecular weight is 515 g/mol. The van der Waals surface area contributed by atoms with Crippen molar-refractivity contribution in [3.05, 3.63) is 35.9 Å². The molecule has 2 amide bonds. The lowest BCUT2D eigenvalue weighted by Gasteiger charge is -2.29. The van der Waals surface area contributed by atoms with E-state index in [1.807, 2.05) is 30.3 Å². The molecule has 1 aliphatic rings. The molecular formula is C31H50N2O4. The van der Waals surface area contributed by atoms with Crippen LogP contribution in [0.25, 0.3) is 0 Å². The Bertz CT molecular complexity index is 768. The fourth-order valence-corrected chi connectivity index (χ4v) is 4.87. The molecule has 6 nitrogen and oxygen atoms in total. The number of unbranched alkanes of at least 4 members (excludes halogenated alkanes) is 15. The molecule has 37 heavy (non-hydrogen) atoms. The highest BCUT2D eigenvalue weighted by molar-refractivity contribution is 5.98. The highest BCUT2D eigenvalue weighted by Crippen LogP contribution is 2.14. The molecule has 0 radical (unpaired) electrons. The largest absolute Gasteiger partial charge is 0.466 e. The number of nitrogens with one attached hydrogen (secondary N) is 2. The van der Waals surface area contributed by atoms with Crippen LogP contribution >= 0.6 is 0 Å². The molecule has 1 fully saturated rings. The normalized spacial score (nSPS) is 17.3. The summed E-state index contributed by atoms with van der Waals surface area (Å²) in [4.78, 5) is 36.9. The maximum Gasteiger partial charge on any atom is 0.308 e. The molecule has 0 spiro atoms. The third kappa shape index (κ3) is 14.2. The molecule has 1 heterocycles. The molecule has 0 bridgehead atoms. The molecule has 6 heteroatoms. The van der Waals surface area contributed by atoms with E-state index in [0.717, 1.165) is 18.4 Å². The first-order valence-electron chi connectivity index (χ1n) is 14.9. The van der Waals surface area contributed by atoms with Gasteiger partial charge < -0.3 is 15.4 Å². The van der Waals surface area contributed by atoms with Gasteiger partial charge in [0.25, 0.3) is 0 Å². The number of hydrogen-bond acceptors (Lipinski definition) is 4. The van der Waals surface area contributed by atoms with Crippen molar-refractivity contribution in [1.82, 2.24) is 10.6 Å². The lowest BCUT2D eigenvalue weighted by atomic mass is 10.0. The summed E-state index contributed by atoms with van der Waals surface area (Å²) < 4.78 is 5.30. The number of carbonyl (C=O) groups excluding carboxylic acids is 3. The Morgan fingerprint density at radius 1 is 0.676 bits per heavy atom. The first kappa shape index (κ1) is 30.9. The van der Waals surface area contributed by atoms with E-state index in [4.69, 9.17) is 4.74 Å². The third-order valence-corrected chi connectivity index (χ3v) is 7.18. The van der Waals surface area contributed by atoms with Gasteiger partial charge in [0.1, 0.15) is 12.1 Å². The Morgan fingerprint density at radius 2 is 1.14 bits per heavy atom. The number of ether oxygens (including phenoxy) is 1. The van der Waals surface area contributed by atoms with Crippen LogP contribution in [0.5, 0.6) is 0 Å². The predicted octanol–water partition coefficient (Wildman–Crippen LogP) is 6.41. The summed E-state index contributed by atoms with van der Waals surface area (Å²) in [5.74, 6) is -1.04. The van der Waals surface area contributed by atoms with Crippen molar-refractivity contribution in [1.29, 1.82) is 0 Å². The number of esters is 1. The highest BCUT2D eigenvalue weighted by atomic mass is 16.5. The molecule has 1 aromatic carbocycles. The minimum atomic E-state index is -0.863. The summed E-state index contributed by atoms with van der Waals surface area (Å²) in [6.07, 6.45) is 21.1. The van der Waals surface area contributed by atoms with Gasteiger partial charge in [-0.05, 0) is 12.0 Å². The summed E-state index contributed by atoms with van der Waals surface area (Å²) in [6, 6.07) is 8.06. The van der Waals surface area contributed by atoms with Crippen molar-refractivity contribution in [3.8, 4) is 0 Å². The van der Waals surface area contributed by atoms with E-state index in [-0.39, 0.29) is 18.2 Å². The topological polar surface area (TPSA) is 84.5 Å². The van der Waals surface area contributed by atoms with Gasteiger partial charge in [-0.15, -0.1) is 0 Å². The molecule has 2 unspecified atom stereocenters. The van der Waals surface area contributed by atoms with Gasteiger partial charge in [0.05, 0.1) is 13.0 Å². The average Bonchev–Trinajstić information content (AvgIpc) is 2.89. The first-order valence-corrected chi connectivity index (χ1v) is 14.9. The van der Waals surface area contributed by atoms with Crippen LogP contribution < -0.4 is 10.6 Å². The van der Waals surface area contributed by atoms with Crippen molar-refractivity contribution < 1.29 is 19.1 Å². The minimum absolute atomic E-state index is 0.130. The second-order valence-corrected chi connectivity index (χ2v) is 10.5. The van der Waals surface area contributed by atoms with Crippen LogP contribution in [0.15, 0.2) is 30.3 Å². The maximum absolute atomic E-state index is 12.4. The van der Waals surface area contributed by atoms with Crippen LogP contribution in [-0.4, -0.2) is 36.5 Å². The fourth-order valence-electron chi connectivity index (χ4n) is 4.87. The zero-order valence-corrected chi connectivity index (χ0v) is 23.1. The Balaban J connectivity index is 1.40. The Labute approximate surface area is 224 Å². The summed E-state index contributed by atoms with van der Waals surface area (Å²) in [6.45, 7) is 2.64. The molecule has 2 N–H and O–H groups in total. The van der Waals surface area contributed by atoms with Crippen molar-refractivity contribution in [2.45, 2.75) is 135 Å². The van der Waals surface area contributed by atoms with Crippen molar-refractivity contribution in [3.63, 3.8) is 0 Å². The molecule has 1 saturated heterocycles. The quantitative estimate of drug-likeness (QED) is 0.147. The maximum atomic E-state index is 12.4. The van der Waals surface area contributed by atoms with Crippen LogP contribution in [0, 0.1) is 0 Å². The number of amides is 2. The van der Waals surface area contributed by atoms with Crippen LogP contribution in [0.3, 0.4) is 0 Å². The van der Waals surface area contributed by atoms with Gasteiger partial charge in [0, 0.05) is 6.42 Å². The van der Waals surface area contributed by atoms with Gasteiger partial charge in [-0.25, -0.2) is 0 Å². The second kappa shape index (κ2) is 19.7. The molecule has 1 aromatic rings. The lowest BCUT2D eigenvalue weighted by Crippen LogP contribution is -2.62. The zero-order chi connectivity index (χ0) is 26.6. The SMILES string of the molecule is CCCCCCCCCCCCCCCCCCOC(=O)CC1NC(=O)C(Cc2ccccc2)NC1=O. The van der Waals surface area contributed by atoms with Gasteiger partial charge in [-0.2, -0.15) is 0 Å². The Hall–Kier alpha value is -2.37. The van der Waals surface area contributed by atoms with E-state index in [9.17, 15) is 14.4 Å². The van der Waals surface area contributed by atoms with E-state index in [1.54, 1.807) is 0 Å². The molecular weight excluding hydrogens is 464 g/mol. The second-order valence-electron chi connectivity index (χ2n) is 10.5. The van der Waals surface area contributed by atoms with Crippen LogP contribution in [0.4, 0.5) is 0 Å². The summed E-state index contributed by atoms with van der Waals surface area (Å²) >= 11 is 0. The number of carbonyl (C=O) groups is 3. The monoisotopic (exact) mass is 514 g/mol. The van der Waals surface area contributed by atoms with Crippen LogP contribution in [-0.2, 0) is 25.5 Å². The van der Waals surface area contributed by atoms with Gasteiger partial charge in [-0.3, -0.25) is 14.4 Å². The van der Waals surface area contributed by atoms with E-state index >= 15 is 0 Å². The van der Waals surface area contributed by atoms with E-state index in [2.05, 4.69) is 17.6 Å². The molecule has 1 aliphatic heterocycles. The molecule has 0 aromatic heterocycles. The number of piperazine rings is 1. The summed E-state index contributed by atoms with van der Waals surface area (Å²) in [5.41, 5.74) is 0.972. The van der Waals surface area contributed by atoms with E-state index in [1.165, 1.54) is 89.9 Å².